The van der Waals surface area contributed by atoms with Crippen LogP contribution in [0.25, 0.3) is 5.69 Å². The minimum atomic E-state index is -2.97. The monoisotopic (exact) mass is 479 g/mol. The van der Waals surface area contributed by atoms with Gasteiger partial charge in [-0.25, -0.2) is 4.68 Å². The highest BCUT2D eigenvalue weighted by atomic mass is 79.9. The number of aromatic nitrogens is 2. The van der Waals surface area contributed by atoms with E-state index in [0.717, 1.165) is 21.5 Å². The zero-order valence-electron chi connectivity index (χ0n) is 16.6. The molecule has 0 bridgehead atoms. The highest BCUT2D eigenvalue weighted by Gasteiger charge is 2.13. The Morgan fingerprint density at radius 2 is 1.87 bits per heavy atom. The van der Waals surface area contributed by atoms with Crippen LogP contribution in [0.1, 0.15) is 27.3 Å². The fourth-order valence-electron chi connectivity index (χ4n) is 2.93. The third-order valence-corrected chi connectivity index (χ3v) is 5.62. The van der Waals surface area contributed by atoms with E-state index in [1.54, 1.807) is 22.9 Å². The Morgan fingerprint density at radius 1 is 1.17 bits per heavy atom. The van der Waals surface area contributed by atoms with Crippen LogP contribution in [0.4, 0.5) is 8.78 Å². The van der Waals surface area contributed by atoms with Gasteiger partial charge in [0.25, 0.3) is 5.91 Å². The molecule has 0 unspecified atom stereocenters. The van der Waals surface area contributed by atoms with E-state index in [9.17, 15) is 13.6 Å². The van der Waals surface area contributed by atoms with Crippen molar-refractivity contribution in [2.45, 2.75) is 27.0 Å². The summed E-state index contributed by atoms with van der Waals surface area (Å²) in [5.74, 6) is -0.181. The van der Waals surface area contributed by atoms with Gasteiger partial charge in [0.15, 0.2) is 11.5 Å². The van der Waals surface area contributed by atoms with E-state index >= 15 is 0 Å². The van der Waals surface area contributed by atoms with Crippen LogP contribution < -0.4 is 14.8 Å². The van der Waals surface area contributed by atoms with Crippen LogP contribution in [-0.2, 0) is 6.54 Å². The molecule has 9 heteroatoms. The molecule has 158 valence electrons. The quantitative estimate of drug-likeness (QED) is 0.528. The number of halogens is 3. The minimum Gasteiger partial charge on any atom is -0.493 e. The second-order valence-electron chi connectivity index (χ2n) is 6.49. The number of methoxy groups -OCH3 is 1. The maximum atomic E-state index is 12.6. The third-order valence-electron chi connectivity index (χ3n) is 4.47. The second kappa shape index (κ2) is 9.25. The van der Waals surface area contributed by atoms with E-state index in [4.69, 9.17) is 4.74 Å². The fourth-order valence-corrected chi connectivity index (χ4v) is 3.18. The number of alkyl halides is 2. The zero-order chi connectivity index (χ0) is 21.8. The third kappa shape index (κ3) is 4.79. The molecule has 2 aromatic carbocycles. The molecular formula is C21H20BrF2N3O3. The molecule has 30 heavy (non-hydrogen) atoms. The van der Waals surface area contributed by atoms with Crippen LogP contribution in [0.2, 0.25) is 0 Å². The molecule has 3 rings (SSSR count). The molecule has 1 N–H and O–H groups in total. The summed E-state index contributed by atoms with van der Waals surface area (Å²) in [5.41, 5.74) is 3.75. The largest absolute Gasteiger partial charge is 0.493 e. The Bertz CT molecular complexity index is 1050. The number of benzene rings is 2. The summed E-state index contributed by atoms with van der Waals surface area (Å²) in [6.07, 6.45) is 0. The first-order valence-electron chi connectivity index (χ1n) is 9.02. The van der Waals surface area contributed by atoms with E-state index < -0.39 is 6.61 Å². The molecule has 0 aliphatic rings. The van der Waals surface area contributed by atoms with Gasteiger partial charge in [-0.15, -0.1) is 0 Å². The van der Waals surface area contributed by atoms with E-state index in [1.165, 1.54) is 19.2 Å². The first-order chi connectivity index (χ1) is 14.3. The summed E-state index contributed by atoms with van der Waals surface area (Å²) in [6.45, 7) is 1.04. The van der Waals surface area contributed by atoms with Gasteiger partial charge in [0, 0.05) is 12.1 Å². The Hall–Kier alpha value is -2.94. The van der Waals surface area contributed by atoms with Crippen LogP contribution in [0.3, 0.4) is 0 Å². The van der Waals surface area contributed by atoms with Gasteiger partial charge in [0.1, 0.15) is 0 Å². The van der Waals surface area contributed by atoms with Crippen molar-refractivity contribution in [1.82, 2.24) is 15.1 Å². The predicted octanol–water partition coefficient (Wildman–Crippen LogP) is 4.79. The molecule has 0 radical (unpaired) electrons. The van der Waals surface area contributed by atoms with Crippen molar-refractivity contribution in [3.05, 3.63) is 69.5 Å². The van der Waals surface area contributed by atoms with E-state index in [-0.39, 0.29) is 24.0 Å². The predicted molar refractivity (Wildman–Crippen MR) is 112 cm³/mol. The number of rotatable bonds is 7. The SMILES string of the molecule is COc1ccc(CNC(=O)c2ccc(-n3nc(C)c(Br)c3C)cc2)cc1OC(F)F. The Kier molecular flexibility index (Phi) is 6.71. The number of nitrogens with zero attached hydrogens (tertiary/aromatic N) is 2. The summed E-state index contributed by atoms with van der Waals surface area (Å²) in [5, 5.41) is 7.23. The number of hydrogen-bond donors (Lipinski definition) is 1. The highest BCUT2D eigenvalue weighted by Crippen LogP contribution is 2.29. The van der Waals surface area contributed by atoms with Crippen molar-refractivity contribution in [1.29, 1.82) is 0 Å². The molecule has 0 saturated heterocycles. The molecule has 1 amide bonds. The first kappa shape index (κ1) is 21.8. The lowest BCUT2D eigenvalue weighted by molar-refractivity contribution is -0.0512. The molecule has 3 aromatic rings. The Morgan fingerprint density at radius 3 is 2.43 bits per heavy atom. The van der Waals surface area contributed by atoms with Crippen LogP contribution in [0.5, 0.6) is 11.5 Å². The maximum Gasteiger partial charge on any atom is 0.387 e. The molecular weight excluding hydrogens is 460 g/mol. The number of amides is 1. The molecule has 0 spiro atoms. The number of nitrogens with one attached hydrogen (secondary N) is 1. The molecule has 1 aromatic heterocycles. The van der Waals surface area contributed by atoms with E-state index in [0.29, 0.717) is 11.1 Å². The Labute approximate surface area is 180 Å². The van der Waals surface area contributed by atoms with Crippen molar-refractivity contribution in [2.24, 2.45) is 0 Å². The smallest absolute Gasteiger partial charge is 0.387 e. The zero-order valence-corrected chi connectivity index (χ0v) is 18.2. The van der Waals surface area contributed by atoms with Gasteiger partial charge in [-0.3, -0.25) is 4.79 Å². The number of carbonyl (C=O) groups excluding carboxylic acids is 1. The molecule has 0 fully saturated rings. The molecule has 0 atom stereocenters. The number of carbonyl (C=O) groups is 1. The fraction of sp³-hybridized carbons (Fsp3) is 0.238. The summed E-state index contributed by atoms with van der Waals surface area (Å²) in [4.78, 5) is 12.5. The Balaban J connectivity index is 1.68. The summed E-state index contributed by atoms with van der Waals surface area (Å²) >= 11 is 3.50. The lowest BCUT2D eigenvalue weighted by atomic mass is 10.1. The first-order valence-corrected chi connectivity index (χ1v) is 9.81. The second-order valence-corrected chi connectivity index (χ2v) is 7.28. The van der Waals surface area contributed by atoms with Crippen molar-refractivity contribution in [3.8, 4) is 17.2 Å². The van der Waals surface area contributed by atoms with Gasteiger partial charge < -0.3 is 14.8 Å². The summed E-state index contributed by atoms with van der Waals surface area (Å²) < 4.78 is 37.3. The van der Waals surface area contributed by atoms with Crippen molar-refractivity contribution in [2.75, 3.05) is 7.11 Å². The van der Waals surface area contributed by atoms with Gasteiger partial charge >= 0.3 is 6.61 Å². The lowest BCUT2D eigenvalue weighted by Gasteiger charge is -2.12. The number of aryl methyl sites for hydroxylation is 1. The van der Waals surface area contributed by atoms with Crippen LogP contribution in [0.15, 0.2) is 46.9 Å². The van der Waals surface area contributed by atoms with E-state index in [2.05, 4.69) is 31.1 Å². The van der Waals surface area contributed by atoms with Crippen molar-refractivity contribution < 1.29 is 23.0 Å². The van der Waals surface area contributed by atoms with Crippen LogP contribution >= 0.6 is 15.9 Å². The van der Waals surface area contributed by atoms with Crippen LogP contribution in [0, 0.1) is 13.8 Å². The molecule has 1 heterocycles. The molecule has 0 aliphatic carbocycles. The molecule has 0 aliphatic heterocycles. The highest BCUT2D eigenvalue weighted by molar-refractivity contribution is 9.10. The van der Waals surface area contributed by atoms with Gasteiger partial charge in [0.05, 0.1) is 28.7 Å². The van der Waals surface area contributed by atoms with Gasteiger partial charge in [-0.05, 0) is 71.7 Å². The van der Waals surface area contributed by atoms with Gasteiger partial charge in [-0.1, -0.05) is 6.07 Å². The van der Waals surface area contributed by atoms with Gasteiger partial charge in [-0.2, -0.15) is 13.9 Å². The normalized spacial score (nSPS) is 10.9. The number of hydrogen-bond acceptors (Lipinski definition) is 4. The van der Waals surface area contributed by atoms with Gasteiger partial charge in [0.2, 0.25) is 0 Å². The lowest BCUT2D eigenvalue weighted by Crippen LogP contribution is -2.22. The summed E-state index contributed by atoms with van der Waals surface area (Å²) in [7, 11) is 1.36. The molecule has 6 nitrogen and oxygen atoms in total. The molecule has 0 saturated carbocycles. The summed E-state index contributed by atoms with van der Waals surface area (Å²) in [6, 6.07) is 11.6. The van der Waals surface area contributed by atoms with Crippen molar-refractivity contribution >= 4 is 21.8 Å². The maximum absolute atomic E-state index is 12.6. The standard InChI is InChI=1S/C21H20BrF2N3O3/c1-12-19(22)13(2)27(26-12)16-7-5-15(6-8-16)20(28)25-11-14-4-9-17(29-3)18(10-14)30-21(23)24/h4-10,21H,11H2,1-3H3,(H,25,28). The average molecular weight is 480 g/mol. The number of ether oxygens (including phenoxy) is 2. The topological polar surface area (TPSA) is 65.4 Å². The van der Waals surface area contributed by atoms with Crippen molar-refractivity contribution in [3.63, 3.8) is 0 Å². The van der Waals surface area contributed by atoms with E-state index in [1.807, 2.05) is 26.0 Å². The van der Waals surface area contributed by atoms with Crippen LogP contribution in [-0.4, -0.2) is 29.4 Å². The minimum absolute atomic E-state index is 0.0837. The average Bonchev–Trinajstić information content (AvgIpc) is 2.99.